The lowest BCUT2D eigenvalue weighted by atomic mass is 10.1. The Bertz CT molecular complexity index is 450. The Morgan fingerprint density at radius 3 is 2.39 bits per heavy atom. The zero-order valence-electron chi connectivity index (χ0n) is 10.4. The van der Waals surface area contributed by atoms with Crippen LogP contribution >= 0.6 is 22.6 Å². The van der Waals surface area contributed by atoms with Crippen LogP contribution in [0.5, 0.6) is 0 Å². The lowest BCUT2D eigenvalue weighted by Crippen LogP contribution is -2.40. The molecule has 0 saturated heterocycles. The van der Waals surface area contributed by atoms with Gasteiger partial charge in [-0.25, -0.2) is 0 Å². The molecule has 0 atom stereocenters. The van der Waals surface area contributed by atoms with Crippen LogP contribution in [0.4, 0.5) is 0 Å². The molecule has 0 bridgehead atoms. The van der Waals surface area contributed by atoms with Crippen LogP contribution in [-0.4, -0.2) is 22.9 Å². The molecule has 3 rings (SSSR count). The van der Waals surface area contributed by atoms with Gasteiger partial charge in [-0.05, 0) is 66.5 Å². The minimum atomic E-state index is 0.253. The molecule has 1 aromatic carbocycles. The number of amides is 1. The molecule has 1 amide bonds. The minimum absolute atomic E-state index is 0.253. The van der Waals surface area contributed by atoms with Crippen LogP contribution in [0.3, 0.4) is 0 Å². The van der Waals surface area contributed by atoms with E-state index >= 15 is 0 Å². The van der Waals surface area contributed by atoms with Crippen molar-refractivity contribution in [3.05, 3.63) is 33.4 Å². The highest BCUT2D eigenvalue weighted by Crippen LogP contribution is 2.35. The quantitative estimate of drug-likeness (QED) is 0.755. The molecule has 96 valence electrons. The van der Waals surface area contributed by atoms with Gasteiger partial charge in [0.05, 0.1) is 0 Å². The molecule has 2 aliphatic carbocycles. The topological polar surface area (TPSA) is 20.3 Å². The zero-order valence-corrected chi connectivity index (χ0v) is 12.6. The summed E-state index contributed by atoms with van der Waals surface area (Å²) in [7, 11) is 0. The maximum atomic E-state index is 12.7. The molecule has 2 nitrogen and oxygen atoms in total. The first-order valence-corrected chi connectivity index (χ1v) is 7.92. The highest BCUT2D eigenvalue weighted by Gasteiger charge is 2.38. The Balaban J connectivity index is 1.83. The Labute approximate surface area is 122 Å². The highest BCUT2D eigenvalue weighted by atomic mass is 127. The standard InChI is InChI=1S/C15H18INO/c16-12-5-3-4-11(10-12)15(18)17(14-8-9-14)13-6-1-2-7-13/h3-5,10,13-14H,1-2,6-9H2. The fraction of sp³-hybridized carbons (Fsp3) is 0.533. The fourth-order valence-corrected chi connectivity index (χ4v) is 3.48. The summed E-state index contributed by atoms with van der Waals surface area (Å²) >= 11 is 2.27. The van der Waals surface area contributed by atoms with Crippen molar-refractivity contribution < 1.29 is 4.79 Å². The van der Waals surface area contributed by atoms with Gasteiger partial charge in [-0.3, -0.25) is 4.79 Å². The lowest BCUT2D eigenvalue weighted by molar-refractivity contribution is 0.0664. The molecule has 1 aromatic rings. The molecular formula is C15H18INO. The Morgan fingerprint density at radius 2 is 1.78 bits per heavy atom. The molecule has 18 heavy (non-hydrogen) atoms. The van der Waals surface area contributed by atoms with Crippen molar-refractivity contribution in [2.75, 3.05) is 0 Å². The van der Waals surface area contributed by atoms with Crippen molar-refractivity contribution in [2.24, 2.45) is 0 Å². The van der Waals surface area contributed by atoms with E-state index in [1.54, 1.807) is 0 Å². The van der Waals surface area contributed by atoms with E-state index in [2.05, 4.69) is 27.5 Å². The van der Waals surface area contributed by atoms with Crippen LogP contribution in [0, 0.1) is 3.57 Å². The number of carbonyl (C=O) groups excluding carboxylic acids is 1. The summed E-state index contributed by atoms with van der Waals surface area (Å²) in [6, 6.07) is 9.01. The summed E-state index contributed by atoms with van der Waals surface area (Å²) in [5.74, 6) is 0.253. The Hall–Kier alpha value is -0.580. The molecule has 0 radical (unpaired) electrons. The first-order chi connectivity index (χ1) is 8.75. The molecule has 0 unspecified atom stereocenters. The van der Waals surface area contributed by atoms with Gasteiger partial charge in [-0.15, -0.1) is 0 Å². The number of benzene rings is 1. The van der Waals surface area contributed by atoms with Crippen LogP contribution in [0.2, 0.25) is 0 Å². The first kappa shape index (κ1) is 12.5. The van der Waals surface area contributed by atoms with Crippen LogP contribution in [0.15, 0.2) is 24.3 Å². The van der Waals surface area contributed by atoms with Crippen LogP contribution in [0.25, 0.3) is 0 Å². The van der Waals surface area contributed by atoms with Crippen LogP contribution in [0.1, 0.15) is 48.9 Å². The third kappa shape index (κ3) is 2.56. The fourth-order valence-electron chi connectivity index (χ4n) is 2.94. The van der Waals surface area contributed by atoms with Crippen molar-refractivity contribution in [3.8, 4) is 0 Å². The average molecular weight is 355 g/mol. The maximum Gasteiger partial charge on any atom is 0.254 e. The second-order valence-electron chi connectivity index (χ2n) is 5.39. The maximum absolute atomic E-state index is 12.7. The molecule has 2 fully saturated rings. The Kier molecular flexibility index (Phi) is 3.59. The van der Waals surface area contributed by atoms with Gasteiger partial charge in [-0.2, -0.15) is 0 Å². The van der Waals surface area contributed by atoms with E-state index in [0.717, 1.165) is 9.13 Å². The SMILES string of the molecule is O=C(c1cccc(I)c1)N(C1CCCC1)C1CC1. The largest absolute Gasteiger partial charge is 0.333 e. The van der Waals surface area contributed by atoms with E-state index < -0.39 is 0 Å². The third-order valence-corrected chi connectivity index (χ3v) is 4.64. The van der Waals surface area contributed by atoms with Gasteiger partial charge >= 0.3 is 0 Å². The zero-order chi connectivity index (χ0) is 12.5. The van der Waals surface area contributed by atoms with Crippen molar-refractivity contribution in [1.82, 2.24) is 4.90 Å². The minimum Gasteiger partial charge on any atom is -0.333 e. The number of hydrogen-bond donors (Lipinski definition) is 0. The molecule has 0 N–H and O–H groups in total. The van der Waals surface area contributed by atoms with Gasteiger partial charge in [0, 0.05) is 21.2 Å². The summed E-state index contributed by atoms with van der Waals surface area (Å²) in [5, 5.41) is 0. The third-order valence-electron chi connectivity index (χ3n) is 3.96. The van der Waals surface area contributed by atoms with E-state index in [-0.39, 0.29) is 5.91 Å². The lowest BCUT2D eigenvalue weighted by Gasteiger charge is -2.29. The molecular weight excluding hydrogens is 337 g/mol. The average Bonchev–Trinajstić information content (AvgIpc) is 3.04. The number of carbonyl (C=O) groups is 1. The summed E-state index contributed by atoms with van der Waals surface area (Å²) in [6.07, 6.45) is 7.37. The summed E-state index contributed by atoms with van der Waals surface area (Å²) in [5.41, 5.74) is 0.862. The van der Waals surface area contributed by atoms with Gasteiger partial charge < -0.3 is 4.90 Å². The van der Waals surface area contributed by atoms with Crippen molar-refractivity contribution in [3.63, 3.8) is 0 Å². The number of halogens is 1. The van der Waals surface area contributed by atoms with Gasteiger partial charge in [-0.1, -0.05) is 18.9 Å². The molecule has 2 saturated carbocycles. The second kappa shape index (κ2) is 5.19. The molecule has 0 heterocycles. The van der Waals surface area contributed by atoms with Crippen LogP contribution < -0.4 is 0 Å². The predicted molar refractivity (Wildman–Crippen MR) is 80.6 cm³/mol. The van der Waals surface area contributed by atoms with Gasteiger partial charge in [0.25, 0.3) is 5.91 Å². The molecule has 0 spiro atoms. The number of nitrogens with zero attached hydrogens (tertiary/aromatic N) is 1. The van der Waals surface area contributed by atoms with E-state index in [0.29, 0.717) is 12.1 Å². The normalized spacial score (nSPS) is 20.1. The summed E-state index contributed by atoms with van der Waals surface area (Å²) < 4.78 is 1.14. The van der Waals surface area contributed by atoms with E-state index in [9.17, 15) is 4.79 Å². The van der Waals surface area contributed by atoms with Crippen LogP contribution in [-0.2, 0) is 0 Å². The van der Waals surface area contributed by atoms with Gasteiger partial charge in [0.2, 0.25) is 0 Å². The Morgan fingerprint density at radius 1 is 1.11 bits per heavy atom. The van der Waals surface area contributed by atoms with E-state index in [1.807, 2.05) is 24.3 Å². The van der Waals surface area contributed by atoms with Crippen molar-refractivity contribution in [1.29, 1.82) is 0 Å². The summed E-state index contributed by atoms with van der Waals surface area (Å²) in [4.78, 5) is 14.9. The smallest absolute Gasteiger partial charge is 0.254 e. The van der Waals surface area contributed by atoms with E-state index in [4.69, 9.17) is 0 Å². The number of rotatable bonds is 3. The van der Waals surface area contributed by atoms with Gasteiger partial charge in [0.1, 0.15) is 0 Å². The molecule has 0 aromatic heterocycles. The van der Waals surface area contributed by atoms with Crippen molar-refractivity contribution in [2.45, 2.75) is 50.6 Å². The predicted octanol–water partition coefficient (Wildman–Crippen LogP) is 3.84. The monoisotopic (exact) mass is 355 g/mol. The number of hydrogen-bond acceptors (Lipinski definition) is 1. The second-order valence-corrected chi connectivity index (χ2v) is 6.64. The molecule has 3 heteroatoms. The summed E-state index contributed by atoms with van der Waals surface area (Å²) in [6.45, 7) is 0. The van der Waals surface area contributed by atoms with E-state index in [1.165, 1.54) is 38.5 Å². The first-order valence-electron chi connectivity index (χ1n) is 6.84. The van der Waals surface area contributed by atoms with Crippen molar-refractivity contribution >= 4 is 28.5 Å². The molecule has 2 aliphatic rings. The molecule has 0 aliphatic heterocycles. The van der Waals surface area contributed by atoms with Gasteiger partial charge in [0.15, 0.2) is 0 Å². The highest BCUT2D eigenvalue weighted by molar-refractivity contribution is 14.1.